The molecule has 124 valence electrons. The van der Waals surface area contributed by atoms with E-state index in [9.17, 15) is 5.11 Å². The highest BCUT2D eigenvalue weighted by Crippen LogP contribution is 2.39. The number of aromatic nitrogens is 2. The second-order valence-electron chi connectivity index (χ2n) is 5.55. The van der Waals surface area contributed by atoms with Gasteiger partial charge in [0.1, 0.15) is 13.2 Å². The van der Waals surface area contributed by atoms with Crippen LogP contribution in [0.3, 0.4) is 0 Å². The van der Waals surface area contributed by atoms with Crippen LogP contribution in [0.1, 0.15) is 30.3 Å². The molecule has 1 aromatic carbocycles. The molecular formula is C16H20ClN3O3. The third kappa shape index (κ3) is 3.44. The van der Waals surface area contributed by atoms with Crippen LogP contribution in [0.25, 0.3) is 0 Å². The van der Waals surface area contributed by atoms with Crippen molar-refractivity contribution >= 4 is 11.6 Å². The fourth-order valence-corrected chi connectivity index (χ4v) is 2.92. The highest BCUT2D eigenvalue weighted by atomic mass is 35.5. The molecule has 3 rings (SSSR count). The molecular weight excluding hydrogens is 318 g/mol. The molecule has 0 bridgehead atoms. The average Bonchev–Trinajstić information content (AvgIpc) is 2.98. The monoisotopic (exact) mass is 337 g/mol. The first-order valence-electron chi connectivity index (χ1n) is 7.54. The van der Waals surface area contributed by atoms with Crippen LogP contribution in [0.4, 0.5) is 0 Å². The van der Waals surface area contributed by atoms with Crippen molar-refractivity contribution in [3.8, 4) is 11.5 Å². The van der Waals surface area contributed by atoms with E-state index in [4.69, 9.17) is 21.1 Å². The van der Waals surface area contributed by atoms with Crippen LogP contribution in [0.15, 0.2) is 24.4 Å². The van der Waals surface area contributed by atoms with Crippen LogP contribution in [-0.2, 0) is 7.05 Å². The highest BCUT2D eigenvalue weighted by molar-refractivity contribution is 6.32. The smallest absolute Gasteiger partial charge is 0.179 e. The van der Waals surface area contributed by atoms with Crippen LogP contribution >= 0.6 is 11.6 Å². The summed E-state index contributed by atoms with van der Waals surface area (Å²) in [4.78, 5) is 0. The molecule has 7 heteroatoms. The van der Waals surface area contributed by atoms with Gasteiger partial charge in [-0.15, -0.1) is 0 Å². The SMILES string of the molecule is C[C@H](NC[C@H](O)c1cc(Cl)c2c(c1)OCCO2)c1ccnn1C. The van der Waals surface area contributed by atoms with E-state index >= 15 is 0 Å². The van der Waals surface area contributed by atoms with Crippen LogP contribution < -0.4 is 14.8 Å². The zero-order valence-electron chi connectivity index (χ0n) is 13.1. The Morgan fingerprint density at radius 1 is 1.39 bits per heavy atom. The number of fused-ring (bicyclic) bond motifs is 1. The van der Waals surface area contributed by atoms with Gasteiger partial charge in [0.15, 0.2) is 11.5 Å². The zero-order chi connectivity index (χ0) is 16.4. The van der Waals surface area contributed by atoms with Crippen molar-refractivity contribution in [3.05, 3.63) is 40.7 Å². The summed E-state index contributed by atoms with van der Waals surface area (Å²) in [5.74, 6) is 1.13. The molecule has 1 aliphatic heterocycles. The molecule has 6 nitrogen and oxygen atoms in total. The summed E-state index contributed by atoms with van der Waals surface area (Å²) in [5, 5.41) is 18.3. The first-order valence-corrected chi connectivity index (χ1v) is 7.92. The topological polar surface area (TPSA) is 68.5 Å². The lowest BCUT2D eigenvalue weighted by Crippen LogP contribution is -2.26. The molecule has 1 aromatic heterocycles. The number of hydrogen-bond acceptors (Lipinski definition) is 5. The van der Waals surface area contributed by atoms with E-state index in [-0.39, 0.29) is 6.04 Å². The molecule has 0 fully saturated rings. The van der Waals surface area contributed by atoms with Gasteiger partial charge in [0, 0.05) is 25.8 Å². The summed E-state index contributed by atoms with van der Waals surface area (Å²) in [6, 6.07) is 5.52. The molecule has 23 heavy (non-hydrogen) atoms. The molecule has 1 aliphatic rings. The molecule has 0 aliphatic carbocycles. The maximum atomic E-state index is 10.4. The van der Waals surface area contributed by atoms with Gasteiger partial charge in [0.05, 0.1) is 16.8 Å². The first-order chi connectivity index (χ1) is 11.1. The van der Waals surface area contributed by atoms with Crippen molar-refractivity contribution in [1.29, 1.82) is 0 Å². The third-order valence-corrected chi connectivity index (χ3v) is 4.20. The summed E-state index contributed by atoms with van der Waals surface area (Å²) in [5.41, 5.74) is 1.75. The minimum atomic E-state index is -0.695. The number of hydrogen-bond donors (Lipinski definition) is 2. The van der Waals surface area contributed by atoms with Crippen molar-refractivity contribution in [3.63, 3.8) is 0 Å². The Kier molecular flexibility index (Phi) is 4.75. The lowest BCUT2D eigenvalue weighted by atomic mass is 10.1. The lowest BCUT2D eigenvalue weighted by Gasteiger charge is -2.22. The Hall–Kier alpha value is -1.76. The predicted molar refractivity (Wildman–Crippen MR) is 87.0 cm³/mol. The van der Waals surface area contributed by atoms with Gasteiger partial charge in [-0.3, -0.25) is 4.68 Å². The summed E-state index contributed by atoms with van der Waals surface area (Å²) in [6.07, 6.45) is 1.06. The van der Waals surface area contributed by atoms with Gasteiger partial charge in [-0.05, 0) is 30.7 Å². The summed E-state index contributed by atoms with van der Waals surface area (Å²) in [6.45, 7) is 3.39. The zero-order valence-corrected chi connectivity index (χ0v) is 13.9. The molecule has 0 spiro atoms. The fourth-order valence-electron chi connectivity index (χ4n) is 2.64. The average molecular weight is 338 g/mol. The van der Waals surface area contributed by atoms with Crippen molar-refractivity contribution in [2.75, 3.05) is 19.8 Å². The van der Waals surface area contributed by atoms with Crippen molar-refractivity contribution < 1.29 is 14.6 Å². The number of aliphatic hydroxyl groups excluding tert-OH is 1. The number of halogens is 1. The van der Waals surface area contributed by atoms with E-state index < -0.39 is 6.10 Å². The Bertz CT molecular complexity index is 689. The molecule has 0 amide bonds. The van der Waals surface area contributed by atoms with Crippen molar-refractivity contribution in [2.45, 2.75) is 19.1 Å². The van der Waals surface area contributed by atoms with Gasteiger partial charge in [-0.1, -0.05) is 11.6 Å². The quantitative estimate of drug-likeness (QED) is 0.875. The van der Waals surface area contributed by atoms with Crippen molar-refractivity contribution in [1.82, 2.24) is 15.1 Å². The first kappa shape index (κ1) is 16.1. The number of rotatable bonds is 5. The van der Waals surface area contributed by atoms with E-state index in [1.54, 1.807) is 18.3 Å². The molecule has 2 aromatic rings. The molecule has 2 heterocycles. The minimum Gasteiger partial charge on any atom is -0.486 e. The Morgan fingerprint density at radius 3 is 2.91 bits per heavy atom. The van der Waals surface area contributed by atoms with E-state index in [0.29, 0.717) is 41.8 Å². The van der Waals surface area contributed by atoms with E-state index in [0.717, 1.165) is 5.69 Å². The Morgan fingerprint density at radius 2 is 2.17 bits per heavy atom. The Balaban J connectivity index is 1.67. The van der Waals surface area contributed by atoms with Crippen LogP contribution in [0.2, 0.25) is 5.02 Å². The van der Waals surface area contributed by atoms with Crippen molar-refractivity contribution in [2.24, 2.45) is 7.05 Å². The number of nitrogens with zero attached hydrogens (tertiary/aromatic N) is 2. The van der Waals surface area contributed by atoms with Crippen LogP contribution in [0, 0.1) is 0 Å². The van der Waals surface area contributed by atoms with E-state index in [1.807, 2.05) is 24.7 Å². The maximum Gasteiger partial charge on any atom is 0.179 e. The third-order valence-electron chi connectivity index (χ3n) is 3.92. The fraction of sp³-hybridized carbons (Fsp3) is 0.438. The normalized spacial score (nSPS) is 16.2. The van der Waals surface area contributed by atoms with Gasteiger partial charge in [-0.2, -0.15) is 5.10 Å². The number of nitrogens with one attached hydrogen (secondary N) is 1. The predicted octanol–water partition coefficient (Wildman–Crippen LogP) is 2.23. The van der Waals surface area contributed by atoms with Gasteiger partial charge < -0.3 is 19.9 Å². The lowest BCUT2D eigenvalue weighted by molar-refractivity contribution is 0.161. The maximum absolute atomic E-state index is 10.4. The van der Waals surface area contributed by atoms with E-state index in [1.165, 1.54) is 0 Å². The van der Waals surface area contributed by atoms with Crippen LogP contribution in [0.5, 0.6) is 11.5 Å². The molecule has 2 atom stereocenters. The summed E-state index contributed by atoms with van der Waals surface area (Å²) >= 11 is 6.21. The molecule has 0 saturated heterocycles. The van der Waals surface area contributed by atoms with E-state index in [2.05, 4.69) is 10.4 Å². The molecule has 0 saturated carbocycles. The number of aryl methyl sites for hydroxylation is 1. The number of benzene rings is 1. The van der Waals surface area contributed by atoms with Gasteiger partial charge in [0.2, 0.25) is 0 Å². The number of aliphatic hydroxyl groups is 1. The molecule has 2 N–H and O–H groups in total. The van der Waals surface area contributed by atoms with Gasteiger partial charge in [-0.25, -0.2) is 0 Å². The second kappa shape index (κ2) is 6.78. The van der Waals surface area contributed by atoms with Gasteiger partial charge in [0.25, 0.3) is 0 Å². The molecule has 0 unspecified atom stereocenters. The summed E-state index contributed by atoms with van der Waals surface area (Å²) in [7, 11) is 1.89. The highest BCUT2D eigenvalue weighted by Gasteiger charge is 2.20. The minimum absolute atomic E-state index is 0.0739. The second-order valence-corrected chi connectivity index (χ2v) is 5.96. The summed E-state index contributed by atoms with van der Waals surface area (Å²) < 4.78 is 12.8. The standard InChI is InChI=1S/C16H20ClN3O3/c1-10(13-3-4-19-20(13)2)18-9-14(21)11-7-12(17)16-15(8-11)22-5-6-23-16/h3-4,7-8,10,14,18,21H,5-6,9H2,1-2H3/t10-,14-/m0/s1. The van der Waals surface area contributed by atoms with Crippen LogP contribution in [-0.4, -0.2) is 34.6 Å². The Labute approximate surface area is 140 Å². The largest absolute Gasteiger partial charge is 0.486 e. The van der Waals surface area contributed by atoms with Gasteiger partial charge >= 0.3 is 0 Å². The molecule has 0 radical (unpaired) electrons. The number of ether oxygens (including phenoxy) is 2.